The molecule has 0 fully saturated rings. The number of sulfonamides is 1. The van der Waals surface area contributed by atoms with Crippen molar-refractivity contribution in [1.82, 2.24) is 5.32 Å². The molecule has 0 aliphatic carbocycles. The largest absolute Gasteiger partial charge is 0.496 e. The summed E-state index contributed by atoms with van der Waals surface area (Å²) in [4.78, 5) is 12.1. The molecule has 0 spiro atoms. The molecule has 0 bridgehead atoms. The highest BCUT2D eigenvalue weighted by Gasteiger charge is 2.18. The number of amides is 1. The number of ether oxygens (including phenoxy) is 1. The van der Waals surface area contributed by atoms with Crippen molar-refractivity contribution in [2.45, 2.75) is 32.6 Å². The van der Waals surface area contributed by atoms with Crippen LogP contribution in [-0.4, -0.2) is 40.8 Å². The van der Waals surface area contributed by atoms with Gasteiger partial charge in [-0.25, -0.2) is 8.42 Å². The number of carbonyl (C=O) groups excluding carboxylic acids is 1. The molecule has 1 amide bonds. The van der Waals surface area contributed by atoms with E-state index < -0.39 is 10.0 Å². The van der Waals surface area contributed by atoms with Crippen LogP contribution in [0.5, 0.6) is 5.75 Å². The molecule has 0 radical (unpaired) electrons. The van der Waals surface area contributed by atoms with Crippen molar-refractivity contribution in [3.8, 4) is 5.75 Å². The van der Waals surface area contributed by atoms with Crippen molar-refractivity contribution in [1.29, 1.82) is 0 Å². The first-order valence-corrected chi connectivity index (χ1v) is 11.6. The van der Waals surface area contributed by atoms with Gasteiger partial charge in [-0.05, 0) is 49.4 Å². The molecule has 0 atom stereocenters. The number of rotatable bonds is 11. The first kappa shape index (κ1) is 22.7. The maximum Gasteiger partial charge on any atom is 0.232 e. The lowest BCUT2D eigenvalue weighted by molar-refractivity contribution is -0.121. The van der Waals surface area contributed by atoms with Crippen LogP contribution in [0.4, 0.5) is 5.69 Å². The summed E-state index contributed by atoms with van der Waals surface area (Å²) >= 11 is 0. The van der Waals surface area contributed by atoms with Gasteiger partial charge in [0.05, 0.1) is 19.1 Å². The zero-order valence-corrected chi connectivity index (χ0v) is 18.2. The molecule has 0 saturated carbocycles. The summed E-state index contributed by atoms with van der Waals surface area (Å²) in [6.45, 7) is 2.73. The Balaban J connectivity index is 1.77. The number of methoxy groups -OCH3 is 1. The Bertz CT molecular complexity index is 913. The Hall–Kier alpha value is -2.54. The number of hydrogen-bond acceptors (Lipinski definition) is 4. The van der Waals surface area contributed by atoms with Crippen LogP contribution >= 0.6 is 0 Å². The molecule has 0 aromatic heterocycles. The van der Waals surface area contributed by atoms with Crippen molar-refractivity contribution < 1.29 is 17.9 Å². The average molecular weight is 419 g/mol. The molecule has 0 aliphatic heterocycles. The summed E-state index contributed by atoms with van der Waals surface area (Å²) in [5.74, 6) is 0.791. The van der Waals surface area contributed by atoms with Crippen molar-refractivity contribution in [3.05, 3.63) is 59.7 Å². The van der Waals surface area contributed by atoms with Gasteiger partial charge in [-0.3, -0.25) is 9.10 Å². The van der Waals surface area contributed by atoms with E-state index in [1.165, 1.54) is 10.6 Å². The van der Waals surface area contributed by atoms with Crippen molar-refractivity contribution in [3.63, 3.8) is 0 Å². The third-order valence-electron chi connectivity index (χ3n) is 4.69. The van der Waals surface area contributed by atoms with Gasteiger partial charge < -0.3 is 10.1 Å². The van der Waals surface area contributed by atoms with Gasteiger partial charge in [0.15, 0.2) is 0 Å². The number of nitrogens with zero attached hydrogens (tertiary/aromatic N) is 1. The lowest BCUT2D eigenvalue weighted by Crippen LogP contribution is -2.32. The van der Waals surface area contributed by atoms with Crippen LogP contribution in [0.1, 0.15) is 30.4 Å². The van der Waals surface area contributed by atoms with Crippen LogP contribution in [0.15, 0.2) is 48.5 Å². The Morgan fingerprint density at radius 2 is 1.76 bits per heavy atom. The Morgan fingerprint density at radius 3 is 2.45 bits per heavy atom. The molecule has 2 aromatic rings. The van der Waals surface area contributed by atoms with Gasteiger partial charge in [0.2, 0.25) is 15.9 Å². The van der Waals surface area contributed by atoms with Crippen LogP contribution < -0.4 is 14.4 Å². The van der Waals surface area contributed by atoms with Gasteiger partial charge in [-0.15, -0.1) is 0 Å². The SMILES string of the molecule is COc1ccccc1CCCNC(=O)CCCN(c1ccccc1C)S(C)(=O)=O. The van der Waals surface area contributed by atoms with E-state index in [2.05, 4.69) is 5.32 Å². The maximum absolute atomic E-state index is 12.2. The van der Waals surface area contributed by atoms with Crippen LogP contribution in [0.25, 0.3) is 0 Å². The predicted molar refractivity (Wildman–Crippen MR) is 117 cm³/mol. The first-order valence-electron chi connectivity index (χ1n) is 9.75. The highest BCUT2D eigenvalue weighted by Crippen LogP contribution is 2.22. The summed E-state index contributed by atoms with van der Waals surface area (Å²) in [7, 11) is -1.76. The second kappa shape index (κ2) is 10.9. The molecule has 1 N–H and O–H groups in total. The second-order valence-corrected chi connectivity index (χ2v) is 8.90. The summed E-state index contributed by atoms with van der Waals surface area (Å²) in [5.41, 5.74) is 2.66. The van der Waals surface area contributed by atoms with E-state index in [0.717, 1.165) is 29.7 Å². The highest BCUT2D eigenvalue weighted by molar-refractivity contribution is 7.92. The molecule has 2 rings (SSSR count). The molecule has 0 saturated heterocycles. The van der Waals surface area contributed by atoms with Crippen LogP contribution in [-0.2, 0) is 21.2 Å². The molecule has 0 unspecified atom stereocenters. The fourth-order valence-electron chi connectivity index (χ4n) is 3.20. The van der Waals surface area contributed by atoms with E-state index in [0.29, 0.717) is 18.7 Å². The zero-order valence-electron chi connectivity index (χ0n) is 17.3. The van der Waals surface area contributed by atoms with Gasteiger partial charge >= 0.3 is 0 Å². The topological polar surface area (TPSA) is 75.7 Å². The third-order valence-corrected chi connectivity index (χ3v) is 5.87. The van der Waals surface area contributed by atoms with Gasteiger partial charge in [-0.1, -0.05) is 36.4 Å². The molecule has 0 aliphatic rings. The third kappa shape index (κ3) is 7.09. The van der Waals surface area contributed by atoms with E-state index in [9.17, 15) is 13.2 Å². The number of anilines is 1. The van der Waals surface area contributed by atoms with Gasteiger partial charge in [0, 0.05) is 19.5 Å². The van der Waals surface area contributed by atoms with Crippen LogP contribution in [0.2, 0.25) is 0 Å². The van der Waals surface area contributed by atoms with E-state index in [1.54, 1.807) is 13.2 Å². The fourth-order valence-corrected chi connectivity index (χ4v) is 4.22. The monoisotopic (exact) mass is 418 g/mol. The van der Waals surface area contributed by atoms with Gasteiger partial charge in [0.1, 0.15) is 5.75 Å². The highest BCUT2D eigenvalue weighted by atomic mass is 32.2. The second-order valence-electron chi connectivity index (χ2n) is 6.99. The summed E-state index contributed by atoms with van der Waals surface area (Å²) in [5, 5.41) is 2.91. The molecule has 0 heterocycles. The molecular weight excluding hydrogens is 388 g/mol. The molecule has 7 heteroatoms. The minimum absolute atomic E-state index is 0.0664. The van der Waals surface area contributed by atoms with E-state index in [-0.39, 0.29) is 18.9 Å². The standard InChI is InChI=1S/C22H30N2O4S/c1-18-10-4-6-13-20(18)24(29(3,26)27)17-9-15-22(25)23-16-8-12-19-11-5-7-14-21(19)28-2/h4-7,10-11,13-14H,8-9,12,15-17H2,1-3H3,(H,23,25). The lowest BCUT2D eigenvalue weighted by atomic mass is 10.1. The number of aryl methyl sites for hydroxylation is 2. The fraction of sp³-hybridized carbons (Fsp3) is 0.409. The smallest absolute Gasteiger partial charge is 0.232 e. The quantitative estimate of drug-likeness (QED) is 0.568. The van der Waals surface area contributed by atoms with Crippen molar-refractivity contribution in [2.24, 2.45) is 0 Å². The summed E-state index contributed by atoms with van der Waals surface area (Å²) in [6.07, 6.45) is 3.56. The minimum Gasteiger partial charge on any atom is -0.496 e. The molecule has 6 nitrogen and oxygen atoms in total. The number of hydrogen-bond donors (Lipinski definition) is 1. The number of benzene rings is 2. The van der Waals surface area contributed by atoms with Gasteiger partial charge in [-0.2, -0.15) is 0 Å². The average Bonchev–Trinajstić information content (AvgIpc) is 2.69. The predicted octanol–water partition coefficient (Wildman–Crippen LogP) is 3.30. The van der Waals surface area contributed by atoms with E-state index >= 15 is 0 Å². The Kier molecular flexibility index (Phi) is 8.51. The minimum atomic E-state index is -3.41. The maximum atomic E-state index is 12.2. The molecule has 158 valence electrons. The molecule has 29 heavy (non-hydrogen) atoms. The number of para-hydroxylation sites is 2. The lowest BCUT2D eigenvalue weighted by Gasteiger charge is -2.24. The van der Waals surface area contributed by atoms with Crippen molar-refractivity contribution in [2.75, 3.05) is 30.8 Å². The first-order chi connectivity index (χ1) is 13.8. The molecule has 2 aromatic carbocycles. The van der Waals surface area contributed by atoms with Crippen LogP contribution in [0.3, 0.4) is 0 Å². The Morgan fingerprint density at radius 1 is 1.07 bits per heavy atom. The van der Waals surface area contributed by atoms with E-state index in [1.807, 2.05) is 49.4 Å². The van der Waals surface area contributed by atoms with E-state index in [4.69, 9.17) is 4.74 Å². The summed E-state index contributed by atoms with van der Waals surface area (Å²) in [6, 6.07) is 15.2. The number of carbonyl (C=O) groups is 1. The van der Waals surface area contributed by atoms with Crippen LogP contribution in [0, 0.1) is 6.92 Å². The normalized spacial score (nSPS) is 11.1. The molecular formula is C22H30N2O4S. The van der Waals surface area contributed by atoms with Crippen molar-refractivity contribution >= 4 is 21.6 Å². The Labute approximate surface area is 173 Å². The zero-order chi connectivity index (χ0) is 21.3. The summed E-state index contributed by atoms with van der Waals surface area (Å²) < 4.78 is 31.0. The van der Waals surface area contributed by atoms with Gasteiger partial charge in [0.25, 0.3) is 0 Å². The number of nitrogens with one attached hydrogen (secondary N) is 1.